The molecule has 0 saturated carbocycles. The van der Waals surface area contributed by atoms with Crippen molar-refractivity contribution in [3.8, 4) is 6.07 Å². The predicted molar refractivity (Wildman–Crippen MR) is 144 cm³/mol. The largest absolute Gasteiger partial charge is 0.364 e. The quantitative estimate of drug-likeness (QED) is 0.347. The second-order valence-corrected chi connectivity index (χ2v) is 12.7. The molecule has 2 aromatic rings. The Labute approximate surface area is 220 Å². The van der Waals surface area contributed by atoms with E-state index in [0.717, 1.165) is 17.4 Å². The van der Waals surface area contributed by atoms with Crippen LogP contribution in [-0.2, 0) is 19.4 Å². The summed E-state index contributed by atoms with van der Waals surface area (Å²) in [6, 6.07) is 20.5. The molecule has 0 bridgehead atoms. The molecule has 198 valence electrons. The Hall–Kier alpha value is -3.02. The van der Waals surface area contributed by atoms with Crippen LogP contribution in [0.25, 0.3) is 0 Å². The van der Waals surface area contributed by atoms with Crippen LogP contribution in [0.2, 0.25) is 0 Å². The lowest BCUT2D eigenvalue weighted by Crippen LogP contribution is -2.62. The summed E-state index contributed by atoms with van der Waals surface area (Å²) in [5.41, 5.74) is 7.79. The van der Waals surface area contributed by atoms with Gasteiger partial charge in [-0.1, -0.05) is 80.9 Å². The number of carbonyl (C=O) groups is 2. The monoisotopic (exact) mass is 524 g/mol. The SMILES string of the molecule is CC(C)C(C#N)(CCCCC(=O)[N@@+]1(C(c2ccccc2)c2ccccc2)CCCC1C(N)=O)S(C)(=O)=O. The van der Waals surface area contributed by atoms with Crippen molar-refractivity contribution >= 4 is 21.7 Å². The molecule has 3 atom stereocenters. The van der Waals surface area contributed by atoms with Crippen molar-refractivity contribution in [2.45, 2.75) is 69.2 Å². The van der Waals surface area contributed by atoms with Gasteiger partial charge in [0.05, 0.1) is 19.0 Å². The number of benzene rings is 2. The summed E-state index contributed by atoms with van der Waals surface area (Å²) in [5, 5.41) is 9.77. The molecule has 2 N–H and O–H groups in total. The number of quaternary nitrogens is 1. The van der Waals surface area contributed by atoms with E-state index in [2.05, 4.69) is 6.07 Å². The fraction of sp³-hybridized carbons (Fsp3) is 0.483. The van der Waals surface area contributed by atoms with Gasteiger partial charge in [0, 0.05) is 30.2 Å². The van der Waals surface area contributed by atoms with Gasteiger partial charge in [-0.25, -0.2) is 17.7 Å². The summed E-state index contributed by atoms with van der Waals surface area (Å²) in [7, 11) is -3.62. The summed E-state index contributed by atoms with van der Waals surface area (Å²) in [6.07, 6.45) is 3.51. The van der Waals surface area contributed by atoms with Gasteiger partial charge in [0.25, 0.3) is 5.91 Å². The molecule has 2 aromatic carbocycles. The maximum absolute atomic E-state index is 14.2. The Morgan fingerprint density at radius 1 is 1.05 bits per heavy atom. The molecule has 37 heavy (non-hydrogen) atoms. The lowest BCUT2D eigenvalue weighted by Gasteiger charge is -2.43. The second kappa shape index (κ2) is 11.6. The highest BCUT2D eigenvalue weighted by atomic mass is 32.2. The Bertz CT molecular complexity index is 1200. The van der Waals surface area contributed by atoms with E-state index in [0.29, 0.717) is 32.2 Å². The van der Waals surface area contributed by atoms with Crippen molar-refractivity contribution in [3.63, 3.8) is 0 Å². The number of unbranched alkanes of at least 4 members (excludes halogenated alkanes) is 1. The van der Waals surface area contributed by atoms with Gasteiger partial charge in [0.1, 0.15) is 6.04 Å². The van der Waals surface area contributed by atoms with E-state index >= 15 is 0 Å². The maximum atomic E-state index is 14.2. The van der Waals surface area contributed by atoms with Gasteiger partial charge in [0.15, 0.2) is 20.6 Å². The van der Waals surface area contributed by atoms with Gasteiger partial charge < -0.3 is 5.73 Å². The number of hydrogen-bond donors (Lipinski definition) is 1. The van der Waals surface area contributed by atoms with Crippen LogP contribution in [-0.4, -0.2) is 48.3 Å². The third-order valence-electron chi connectivity index (χ3n) is 8.02. The number of primary amides is 1. The van der Waals surface area contributed by atoms with Crippen molar-refractivity contribution < 1.29 is 22.5 Å². The maximum Gasteiger partial charge on any atom is 0.315 e. The molecular weight excluding hydrogens is 486 g/mol. The second-order valence-electron chi connectivity index (χ2n) is 10.5. The minimum Gasteiger partial charge on any atom is -0.364 e. The number of amides is 2. The van der Waals surface area contributed by atoms with E-state index in [4.69, 9.17) is 5.73 Å². The fourth-order valence-corrected chi connectivity index (χ4v) is 7.63. The molecule has 0 aliphatic carbocycles. The molecule has 2 amide bonds. The summed E-state index contributed by atoms with van der Waals surface area (Å²) < 4.78 is 23.4. The van der Waals surface area contributed by atoms with E-state index in [1.54, 1.807) is 13.8 Å². The third-order valence-corrected chi connectivity index (χ3v) is 10.1. The predicted octanol–water partition coefficient (Wildman–Crippen LogP) is 4.29. The van der Waals surface area contributed by atoms with Crippen LogP contribution < -0.4 is 5.73 Å². The van der Waals surface area contributed by atoms with E-state index in [1.165, 1.54) is 0 Å². The van der Waals surface area contributed by atoms with Crippen LogP contribution in [0.1, 0.15) is 69.5 Å². The molecule has 8 heteroatoms. The topological polar surface area (TPSA) is 118 Å². The molecular formula is C29H38N3O4S+. The number of nitrogens with two attached hydrogens (primary N) is 1. The molecule has 1 saturated heterocycles. The molecule has 2 unspecified atom stereocenters. The summed E-state index contributed by atoms with van der Waals surface area (Å²) in [4.78, 5) is 26.9. The van der Waals surface area contributed by atoms with Gasteiger partial charge in [-0.2, -0.15) is 5.26 Å². The van der Waals surface area contributed by atoms with Gasteiger partial charge in [-0.3, -0.25) is 4.79 Å². The number of likely N-dealkylation sites (tertiary alicyclic amines) is 1. The third kappa shape index (κ3) is 5.48. The van der Waals surface area contributed by atoms with Crippen molar-refractivity contribution in [3.05, 3.63) is 71.8 Å². The molecule has 0 radical (unpaired) electrons. The van der Waals surface area contributed by atoms with Gasteiger partial charge in [-0.15, -0.1) is 0 Å². The van der Waals surface area contributed by atoms with Crippen molar-refractivity contribution in [1.29, 1.82) is 5.26 Å². The highest BCUT2D eigenvalue weighted by molar-refractivity contribution is 7.92. The standard InChI is InChI=1S/C29H37N3O4S/c1-22(2)29(21-30,37(3,35)36)19-11-10-18-26(33)32(20-12-17-25(32)28(31)34)27(23-13-6-4-7-14-23)24-15-8-5-9-16-24/h4-9,13-16,22,25,27H,10-12,17-20H2,1-3H3,(H-,31,34)/p+1/t25?,29?,32-/m1/s1. The van der Waals surface area contributed by atoms with Crippen LogP contribution in [0.5, 0.6) is 0 Å². The zero-order valence-electron chi connectivity index (χ0n) is 22.0. The molecule has 1 aliphatic rings. The van der Waals surface area contributed by atoms with Crippen LogP contribution in [0.15, 0.2) is 60.7 Å². The highest BCUT2D eigenvalue weighted by Gasteiger charge is 2.56. The minimum absolute atomic E-state index is 0.0665. The number of nitrogens with zero attached hydrogens (tertiary/aromatic N) is 2. The zero-order chi connectivity index (χ0) is 27.3. The molecule has 1 aliphatic heterocycles. The van der Waals surface area contributed by atoms with Crippen molar-refractivity contribution in [2.75, 3.05) is 12.8 Å². The molecule has 7 nitrogen and oxygen atoms in total. The van der Waals surface area contributed by atoms with Crippen LogP contribution >= 0.6 is 0 Å². The number of nitriles is 1. The van der Waals surface area contributed by atoms with Crippen LogP contribution in [0, 0.1) is 17.2 Å². The average Bonchev–Trinajstić information content (AvgIpc) is 3.30. The Kier molecular flexibility index (Phi) is 8.93. The Morgan fingerprint density at radius 2 is 1.59 bits per heavy atom. The van der Waals surface area contributed by atoms with Crippen molar-refractivity contribution in [2.24, 2.45) is 11.7 Å². The highest BCUT2D eigenvalue weighted by Crippen LogP contribution is 2.44. The Balaban J connectivity index is 1.96. The molecule has 1 heterocycles. The molecule has 0 aromatic heterocycles. The van der Waals surface area contributed by atoms with Gasteiger partial charge in [0.2, 0.25) is 0 Å². The first-order chi connectivity index (χ1) is 17.5. The van der Waals surface area contributed by atoms with E-state index < -0.39 is 26.5 Å². The first kappa shape index (κ1) is 28.5. The Morgan fingerprint density at radius 3 is 2.03 bits per heavy atom. The summed E-state index contributed by atoms with van der Waals surface area (Å²) >= 11 is 0. The number of sulfone groups is 1. The van der Waals surface area contributed by atoms with Crippen LogP contribution in [0.3, 0.4) is 0 Å². The zero-order valence-corrected chi connectivity index (χ0v) is 22.8. The first-order valence-electron chi connectivity index (χ1n) is 12.9. The number of hydrogen-bond acceptors (Lipinski definition) is 5. The molecule has 1 fully saturated rings. The van der Waals surface area contributed by atoms with Crippen LogP contribution in [0.4, 0.5) is 0 Å². The van der Waals surface area contributed by atoms with Gasteiger partial charge in [-0.05, 0) is 18.8 Å². The van der Waals surface area contributed by atoms with Gasteiger partial charge >= 0.3 is 5.91 Å². The van der Waals surface area contributed by atoms with E-state index in [1.807, 2.05) is 60.7 Å². The number of rotatable bonds is 11. The van der Waals surface area contributed by atoms with E-state index in [-0.39, 0.29) is 35.2 Å². The lowest BCUT2D eigenvalue weighted by molar-refractivity contribution is -0.882. The van der Waals surface area contributed by atoms with E-state index in [9.17, 15) is 23.3 Å². The molecule has 0 spiro atoms. The van der Waals surface area contributed by atoms with Crippen molar-refractivity contribution in [1.82, 2.24) is 0 Å². The number of carbonyl (C=O) groups excluding carboxylic acids is 2. The normalized spacial score (nSPS) is 21.5. The molecule has 3 rings (SSSR count). The smallest absolute Gasteiger partial charge is 0.315 e. The first-order valence-corrected chi connectivity index (χ1v) is 14.8. The summed E-state index contributed by atoms with van der Waals surface area (Å²) in [6.45, 7) is 3.97. The fourth-order valence-electron chi connectivity index (χ4n) is 6.09. The average molecular weight is 525 g/mol. The minimum atomic E-state index is -3.62. The lowest BCUT2D eigenvalue weighted by atomic mass is 9.89. The summed E-state index contributed by atoms with van der Waals surface area (Å²) in [5.74, 6) is -0.937.